The molecule has 0 unspecified atom stereocenters. The lowest BCUT2D eigenvalue weighted by Crippen LogP contribution is -2.11. The van der Waals surface area contributed by atoms with Gasteiger partial charge in [-0.05, 0) is 33.0 Å². The number of nitrogens with zero attached hydrogens (tertiary/aromatic N) is 1. The molecule has 0 aliphatic rings. The monoisotopic (exact) mass is 317 g/mol. The third-order valence-corrected chi connectivity index (χ3v) is 6.54. The van der Waals surface area contributed by atoms with E-state index in [0.29, 0.717) is 15.9 Å². The third-order valence-electron chi connectivity index (χ3n) is 2.50. The maximum Gasteiger partial charge on any atom is 0.273 e. The van der Waals surface area contributed by atoms with Gasteiger partial charge in [0, 0.05) is 16.3 Å². The van der Waals surface area contributed by atoms with E-state index in [9.17, 15) is 8.42 Å². The molecule has 19 heavy (non-hydrogen) atoms. The van der Waals surface area contributed by atoms with Crippen LogP contribution in [0, 0.1) is 13.8 Å². The van der Waals surface area contributed by atoms with Gasteiger partial charge in [0.2, 0.25) is 0 Å². The van der Waals surface area contributed by atoms with Gasteiger partial charge in [-0.3, -0.25) is 4.72 Å². The van der Waals surface area contributed by atoms with Crippen LogP contribution in [0.2, 0.25) is 0 Å². The minimum absolute atomic E-state index is 0.309. The molecule has 0 bridgehead atoms. The van der Waals surface area contributed by atoms with Crippen LogP contribution in [-0.2, 0) is 16.6 Å². The summed E-state index contributed by atoms with van der Waals surface area (Å²) in [7, 11) is -1.70. The highest BCUT2D eigenvalue weighted by Crippen LogP contribution is 2.27. The molecule has 104 valence electrons. The molecule has 0 spiro atoms. The summed E-state index contributed by atoms with van der Waals surface area (Å²) in [4.78, 5) is 6.18. The highest BCUT2D eigenvalue weighted by molar-refractivity contribution is 7.94. The first-order valence-electron chi connectivity index (χ1n) is 5.62. The summed E-state index contributed by atoms with van der Waals surface area (Å²) in [5.74, 6) is 0. The van der Waals surface area contributed by atoms with Gasteiger partial charge >= 0.3 is 0 Å². The van der Waals surface area contributed by atoms with Gasteiger partial charge in [-0.1, -0.05) is 0 Å². The molecule has 8 heteroatoms. The summed E-state index contributed by atoms with van der Waals surface area (Å²) in [5, 5.41) is 3.41. The number of aryl methyl sites for hydroxylation is 2. The summed E-state index contributed by atoms with van der Waals surface area (Å²) in [6.07, 6.45) is 0. The predicted octanol–water partition coefficient (Wildman–Crippen LogP) is 2.34. The molecule has 2 aromatic rings. The van der Waals surface area contributed by atoms with E-state index in [0.717, 1.165) is 15.4 Å². The third kappa shape index (κ3) is 3.33. The summed E-state index contributed by atoms with van der Waals surface area (Å²) in [5.41, 5.74) is 0.852. The fourth-order valence-corrected chi connectivity index (χ4v) is 4.87. The Labute approximate surface area is 120 Å². The lowest BCUT2D eigenvalue weighted by molar-refractivity contribution is 0.603. The Morgan fingerprint density at radius 2 is 2.00 bits per heavy atom. The molecule has 5 nitrogen and oxygen atoms in total. The van der Waals surface area contributed by atoms with Crippen molar-refractivity contribution >= 4 is 37.8 Å². The number of thiazole rings is 1. The molecular formula is C11H15N3O2S3. The fraction of sp³-hybridized carbons (Fsp3) is 0.364. The minimum Gasteiger partial charge on any atom is -0.315 e. The molecule has 0 aliphatic heterocycles. The van der Waals surface area contributed by atoms with Crippen LogP contribution in [0.25, 0.3) is 0 Å². The largest absolute Gasteiger partial charge is 0.315 e. The summed E-state index contributed by atoms with van der Waals surface area (Å²) >= 11 is 2.60. The molecule has 2 N–H and O–H groups in total. The van der Waals surface area contributed by atoms with Crippen LogP contribution in [-0.4, -0.2) is 20.4 Å². The van der Waals surface area contributed by atoms with Gasteiger partial charge in [0.15, 0.2) is 5.13 Å². The molecule has 0 saturated heterocycles. The van der Waals surface area contributed by atoms with E-state index in [1.807, 2.05) is 27.0 Å². The molecule has 0 amide bonds. The average Bonchev–Trinajstić information content (AvgIpc) is 2.88. The van der Waals surface area contributed by atoms with E-state index in [1.165, 1.54) is 22.7 Å². The zero-order valence-corrected chi connectivity index (χ0v) is 13.3. The molecular weight excluding hydrogens is 302 g/mol. The van der Waals surface area contributed by atoms with Crippen molar-refractivity contribution in [2.45, 2.75) is 24.6 Å². The molecule has 0 aromatic carbocycles. The Kier molecular flexibility index (Phi) is 4.24. The topological polar surface area (TPSA) is 71.1 Å². The molecule has 2 aromatic heterocycles. The van der Waals surface area contributed by atoms with Crippen LogP contribution in [0.1, 0.15) is 15.4 Å². The molecule has 2 heterocycles. The van der Waals surface area contributed by atoms with Crippen molar-refractivity contribution in [2.24, 2.45) is 0 Å². The highest BCUT2D eigenvalue weighted by atomic mass is 32.2. The normalized spacial score (nSPS) is 11.7. The quantitative estimate of drug-likeness (QED) is 0.888. The maximum atomic E-state index is 12.2. The summed E-state index contributed by atoms with van der Waals surface area (Å²) < 4.78 is 27.2. The molecule has 0 radical (unpaired) electrons. The van der Waals surface area contributed by atoms with Crippen molar-refractivity contribution in [1.82, 2.24) is 10.3 Å². The molecule has 2 rings (SSSR count). The van der Waals surface area contributed by atoms with Crippen molar-refractivity contribution < 1.29 is 8.42 Å². The predicted molar refractivity (Wildman–Crippen MR) is 79.5 cm³/mol. The molecule has 0 saturated carbocycles. The van der Waals surface area contributed by atoms with Gasteiger partial charge in [-0.25, -0.2) is 13.4 Å². The van der Waals surface area contributed by atoms with Gasteiger partial charge in [-0.2, -0.15) is 0 Å². The Morgan fingerprint density at radius 3 is 2.58 bits per heavy atom. The van der Waals surface area contributed by atoms with E-state index >= 15 is 0 Å². The van der Waals surface area contributed by atoms with Gasteiger partial charge in [0.25, 0.3) is 10.0 Å². The first kappa shape index (κ1) is 14.4. The number of anilines is 1. The number of thiophene rings is 1. The zero-order valence-electron chi connectivity index (χ0n) is 10.9. The minimum atomic E-state index is -3.53. The van der Waals surface area contributed by atoms with Gasteiger partial charge in [-0.15, -0.1) is 22.7 Å². The van der Waals surface area contributed by atoms with Crippen molar-refractivity contribution in [3.63, 3.8) is 0 Å². The van der Waals surface area contributed by atoms with Crippen LogP contribution in [0.15, 0.2) is 16.3 Å². The van der Waals surface area contributed by atoms with E-state index in [2.05, 4.69) is 15.0 Å². The first-order valence-corrected chi connectivity index (χ1v) is 8.74. The summed E-state index contributed by atoms with van der Waals surface area (Å²) in [6.45, 7) is 4.44. The van der Waals surface area contributed by atoms with Crippen LogP contribution >= 0.6 is 22.7 Å². The van der Waals surface area contributed by atoms with E-state index < -0.39 is 10.0 Å². The highest BCUT2D eigenvalue weighted by Gasteiger charge is 2.18. The second-order valence-electron chi connectivity index (χ2n) is 4.02. The average molecular weight is 317 g/mol. The number of aromatic nitrogens is 1. The molecule has 0 atom stereocenters. The Balaban J connectivity index is 2.21. The van der Waals surface area contributed by atoms with E-state index in [1.54, 1.807) is 6.07 Å². The van der Waals surface area contributed by atoms with Crippen LogP contribution in [0.5, 0.6) is 0 Å². The van der Waals surface area contributed by atoms with Gasteiger partial charge < -0.3 is 5.32 Å². The number of hydrogen-bond acceptors (Lipinski definition) is 6. The fourth-order valence-electron chi connectivity index (χ4n) is 1.45. The second-order valence-corrected chi connectivity index (χ2v) is 8.30. The first-order chi connectivity index (χ1) is 8.92. The van der Waals surface area contributed by atoms with E-state index in [4.69, 9.17) is 0 Å². The van der Waals surface area contributed by atoms with Gasteiger partial charge in [0.1, 0.15) is 4.21 Å². The van der Waals surface area contributed by atoms with E-state index in [-0.39, 0.29) is 0 Å². The van der Waals surface area contributed by atoms with Crippen molar-refractivity contribution in [2.75, 3.05) is 11.8 Å². The number of hydrogen-bond donors (Lipinski definition) is 2. The number of sulfonamides is 1. The van der Waals surface area contributed by atoms with Crippen molar-refractivity contribution in [1.29, 1.82) is 0 Å². The maximum absolute atomic E-state index is 12.2. The van der Waals surface area contributed by atoms with Crippen LogP contribution < -0.4 is 10.0 Å². The standard InChI is InChI=1S/C11H15N3O2S3/c1-7-8(2)17-11(13-7)14-19(15,16)10-5-4-9(18-10)6-12-3/h4-5,12H,6H2,1-3H3,(H,13,14). The Morgan fingerprint density at radius 1 is 1.26 bits per heavy atom. The Bertz CT molecular complexity index is 654. The lowest BCUT2D eigenvalue weighted by Gasteiger charge is -2.01. The van der Waals surface area contributed by atoms with Crippen molar-refractivity contribution in [3.8, 4) is 0 Å². The number of nitrogens with one attached hydrogen (secondary N) is 2. The lowest BCUT2D eigenvalue weighted by atomic mass is 10.4. The zero-order chi connectivity index (χ0) is 14.0. The Hall–Kier alpha value is -0.960. The second kappa shape index (κ2) is 5.58. The van der Waals surface area contributed by atoms with Gasteiger partial charge in [0.05, 0.1) is 5.69 Å². The van der Waals surface area contributed by atoms with Crippen molar-refractivity contribution in [3.05, 3.63) is 27.6 Å². The summed E-state index contributed by atoms with van der Waals surface area (Å²) in [6, 6.07) is 3.43. The molecule has 0 fully saturated rings. The SMILES string of the molecule is CNCc1ccc(S(=O)(=O)Nc2nc(C)c(C)s2)s1. The number of rotatable bonds is 5. The molecule has 0 aliphatic carbocycles. The van der Waals surface area contributed by atoms with Crippen LogP contribution in [0.4, 0.5) is 5.13 Å². The smallest absolute Gasteiger partial charge is 0.273 e. The van der Waals surface area contributed by atoms with Crippen LogP contribution in [0.3, 0.4) is 0 Å².